The lowest BCUT2D eigenvalue weighted by Gasteiger charge is -2.14. The second-order valence-electron chi connectivity index (χ2n) is 3.94. The van der Waals surface area contributed by atoms with Crippen LogP contribution < -0.4 is 16.6 Å². The highest BCUT2D eigenvalue weighted by molar-refractivity contribution is 7.98. The molecular formula is C12H12F3N5S. The molecule has 112 valence electrons. The quantitative estimate of drug-likeness (QED) is 0.348. The van der Waals surface area contributed by atoms with Crippen LogP contribution in [0.15, 0.2) is 35.5 Å². The van der Waals surface area contributed by atoms with E-state index in [9.17, 15) is 13.2 Å². The van der Waals surface area contributed by atoms with Crippen molar-refractivity contribution in [3.63, 3.8) is 0 Å². The molecule has 0 saturated heterocycles. The van der Waals surface area contributed by atoms with E-state index in [1.165, 1.54) is 36.0 Å². The van der Waals surface area contributed by atoms with Crippen LogP contribution >= 0.6 is 11.8 Å². The number of hydrazine groups is 1. The molecule has 0 atom stereocenters. The second-order valence-corrected chi connectivity index (χ2v) is 4.71. The molecule has 0 aliphatic heterocycles. The van der Waals surface area contributed by atoms with E-state index in [1.807, 2.05) is 0 Å². The van der Waals surface area contributed by atoms with Gasteiger partial charge in [-0.05, 0) is 18.4 Å². The van der Waals surface area contributed by atoms with Gasteiger partial charge in [-0.25, -0.2) is 15.8 Å². The highest BCUT2D eigenvalue weighted by Gasteiger charge is 2.33. The van der Waals surface area contributed by atoms with Crippen molar-refractivity contribution in [2.24, 2.45) is 5.84 Å². The van der Waals surface area contributed by atoms with Crippen LogP contribution in [0.5, 0.6) is 0 Å². The predicted octanol–water partition coefficient (Wildman–Crippen LogP) is 3.25. The minimum atomic E-state index is -4.45. The Labute approximate surface area is 123 Å². The first-order valence-electron chi connectivity index (χ1n) is 5.77. The van der Waals surface area contributed by atoms with Gasteiger partial charge in [0.25, 0.3) is 0 Å². The smallest absolute Gasteiger partial charge is 0.340 e. The molecule has 2 rings (SSSR count). The number of nitrogens with one attached hydrogen (secondary N) is 2. The highest BCUT2D eigenvalue weighted by atomic mass is 32.2. The van der Waals surface area contributed by atoms with Gasteiger partial charge in [0.05, 0.1) is 11.3 Å². The van der Waals surface area contributed by atoms with Crippen LogP contribution in [0, 0.1) is 0 Å². The summed E-state index contributed by atoms with van der Waals surface area (Å²) in [5.74, 6) is 5.81. The second kappa shape index (κ2) is 6.19. The van der Waals surface area contributed by atoms with Gasteiger partial charge < -0.3 is 10.7 Å². The molecule has 1 heterocycles. The molecule has 0 radical (unpaired) electrons. The van der Waals surface area contributed by atoms with Crippen LogP contribution in [0.1, 0.15) is 5.56 Å². The minimum Gasteiger partial charge on any atom is -0.340 e. The molecule has 1 aromatic heterocycles. The van der Waals surface area contributed by atoms with Crippen molar-refractivity contribution in [2.75, 3.05) is 17.0 Å². The molecule has 21 heavy (non-hydrogen) atoms. The number of anilines is 3. The lowest BCUT2D eigenvalue weighted by Crippen LogP contribution is -2.11. The maximum atomic E-state index is 12.9. The third-order valence-electron chi connectivity index (χ3n) is 2.53. The molecule has 0 amide bonds. The monoisotopic (exact) mass is 315 g/mol. The van der Waals surface area contributed by atoms with Crippen molar-refractivity contribution in [1.82, 2.24) is 9.97 Å². The normalized spacial score (nSPS) is 11.3. The van der Waals surface area contributed by atoms with Gasteiger partial charge in [-0.1, -0.05) is 23.9 Å². The highest BCUT2D eigenvalue weighted by Crippen LogP contribution is 2.35. The van der Waals surface area contributed by atoms with E-state index >= 15 is 0 Å². The number of nitrogens with two attached hydrogens (primary N) is 1. The first-order valence-corrected chi connectivity index (χ1v) is 6.99. The summed E-state index contributed by atoms with van der Waals surface area (Å²) in [7, 11) is 0. The lowest BCUT2D eigenvalue weighted by molar-refractivity contribution is -0.136. The van der Waals surface area contributed by atoms with Crippen molar-refractivity contribution in [2.45, 2.75) is 11.3 Å². The average molecular weight is 315 g/mol. The number of thioether (sulfide) groups is 1. The van der Waals surface area contributed by atoms with E-state index in [1.54, 1.807) is 6.26 Å². The maximum Gasteiger partial charge on any atom is 0.418 e. The Morgan fingerprint density at radius 2 is 1.81 bits per heavy atom. The molecule has 0 bridgehead atoms. The molecule has 1 aromatic carbocycles. The van der Waals surface area contributed by atoms with Crippen LogP contribution in [-0.4, -0.2) is 16.2 Å². The number of halogens is 3. The zero-order chi connectivity index (χ0) is 15.5. The molecule has 0 fully saturated rings. The Balaban J connectivity index is 2.39. The number of nitrogen functional groups attached to an aromatic ring is 1. The van der Waals surface area contributed by atoms with E-state index < -0.39 is 11.7 Å². The fraction of sp³-hybridized carbons (Fsp3) is 0.167. The van der Waals surface area contributed by atoms with E-state index in [-0.39, 0.29) is 11.5 Å². The average Bonchev–Trinajstić information content (AvgIpc) is 2.46. The van der Waals surface area contributed by atoms with Gasteiger partial charge in [0.15, 0.2) is 5.16 Å². The van der Waals surface area contributed by atoms with E-state index in [4.69, 9.17) is 5.84 Å². The molecule has 9 heteroatoms. The zero-order valence-electron chi connectivity index (χ0n) is 10.9. The minimum absolute atomic E-state index is 0.0845. The van der Waals surface area contributed by atoms with Crippen molar-refractivity contribution >= 4 is 29.1 Å². The predicted molar refractivity (Wildman–Crippen MR) is 76.3 cm³/mol. The van der Waals surface area contributed by atoms with Crippen molar-refractivity contribution in [1.29, 1.82) is 0 Å². The molecular weight excluding hydrogens is 303 g/mol. The van der Waals surface area contributed by atoms with Crippen LogP contribution in [0.25, 0.3) is 0 Å². The summed E-state index contributed by atoms with van der Waals surface area (Å²) >= 11 is 1.25. The number of nitrogens with zero attached hydrogens (tertiary/aromatic N) is 2. The fourth-order valence-corrected chi connectivity index (χ4v) is 2.01. The molecule has 5 nitrogen and oxygen atoms in total. The molecule has 0 saturated carbocycles. The first-order chi connectivity index (χ1) is 9.94. The number of benzene rings is 1. The summed E-state index contributed by atoms with van der Waals surface area (Å²) in [4.78, 5) is 8.13. The van der Waals surface area contributed by atoms with Crippen LogP contribution in [0.2, 0.25) is 0 Å². The van der Waals surface area contributed by atoms with Gasteiger partial charge in [-0.2, -0.15) is 13.2 Å². The van der Waals surface area contributed by atoms with Crippen LogP contribution in [0.4, 0.5) is 30.5 Å². The Morgan fingerprint density at radius 3 is 2.43 bits per heavy atom. The van der Waals surface area contributed by atoms with E-state index in [2.05, 4.69) is 20.7 Å². The van der Waals surface area contributed by atoms with E-state index in [0.29, 0.717) is 11.0 Å². The number of hydrogen-bond donors (Lipinski definition) is 3. The summed E-state index contributed by atoms with van der Waals surface area (Å²) < 4.78 is 38.8. The third kappa shape index (κ3) is 3.76. The van der Waals surface area contributed by atoms with Crippen molar-refractivity contribution in [3.8, 4) is 0 Å². The Kier molecular flexibility index (Phi) is 4.53. The fourth-order valence-electron chi connectivity index (χ4n) is 1.63. The molecule has 0 unspecified atom stereocenters. The Morgan fingerprint density at radius 1 is 1.14 bits per heavy atom. The molecule has 0 aliphatic rings. The summed E-state index contributed by atoms with van der Waals surface area (Å²) in [5, 5.41) is 3.04. The van der Waals surface area contributed by atoms with Gasteiger partial charge >= 0.3 is 6.18 Å². The third-order valence-corrected chi connectivity index (χ3v) is 3.08. The Hall–Kier alpha value is -2.00. The van der Waals surface area contributed by atoms with Crippen LogP contribution in [0.3, 0.4) is 0 Å². The van der Waals surface area contributed by atoms with Gasteiger partial charge in [0.1, 0.15) is 11.6 Å². The number of hydrogen-bond acceptors (Lipinski definition) is 6. The van der Waals surface area contributed by atoms with Gasteiger partial charge in [-0.3, -0.25) is 0 Å². The number of para-hydroxylation sites is 1. The number of alkyl halides is 3. The summed E-state index contributed by atoms with van der Waals surface area (Å²) in [6, 6.07) is 6.59. The molecule has 2 aromatic rings. The van der Waals surface area contributed by atoms with Gasteiger partial charge in [0.2, 0.25) is 0 Å². The van der Waals surface area contributed by atoms with Gasteiger partial charge in [0, 0.05) is 6.07 Å². The number of rotatable bonds is 4. The zero-order valence-corrected chi connectivity index (χ0v) is 11.7. The maximum absolute atomic E-state index is 12.9. The van der Waals surface area contributed by atoms with Gasteiger partial charge in [-0.15, -0.1) is 0 Å². The summed E-state index contributed by atoms with van der Waals surface area (Å²) in [6.07, 6.45) is -2.70. The molecule has 4 N–H and O–H groups in total. The van der Waals surface area contributed by atoms with Crippen molar-refractivity contribution < 1.29 is 13.2 Å². The largest absolute Gasteiger partial charge is 0.418 e. The standard InChI is InChI=1S/C12H12F3N5S/c1-21-11-18-9(6-10(19-11)20-16)17-8-5-3-2-4-7(8)12(13,14)15/h2-6H,16H2,1H3,(H2,17,18,19,20). The topological polar surface area (TPSA) is 75.9 Å². The summed E-state index contributed by atoms with van der Waals surface area (Å²) in [5.41, 5.74) is 1.49. The Bertz CT molecular complexity index is 610. The summed E-state index contributed by atoms with van der Waals surface area (Å²) in [6.45, 7) is 0. The first kappa shape index (κ1) is 15.4. The molecule has 0 aliphatic carbocycles. The SMILES string of the molecule is CSc1nc(NN)cc(Nc2ccccc2C(F)(F)F)n1. The van der Waals surface area contributed by atoms with E-state index in [0.717, 1.165) is 6.07 Å². The van der Waals surface area contributed by atoms with Crippen molar-refractivity contribution in [3.05, 3.63) is 35.9 Å². The number of aromatic nitrogens is 2. The van der Waals surface area contributed by atoms with Crippen LogP contribution in [-0.2, 0) is 6.18 Å². The lowest BCUT2D eigenvalue weighted by atomic mass is 10.1. The molecule has 0 spiro atoms.